The summed E-state index contributed by atoms with van der Waals surface area (Å²) in [6, 6.07) is 8.91. The quantitative estimate of drug-likeness (QED) is 0.650. The molecular formula is C15H24SiTi. The fourth-order valence-corrected chi connectivity index (χ4v) is 4.91. The Balaban J connectivity index is 0.000000437. The monoisotopic (exact) mass is 280 g/mol. The van der Waals surface area contributed by atoms with E-state index in [1.807, 2.05) is 0 Å². The van der Waals surface area contributed by atoms with Crippen LogP contribution in [0.25, 0.3) is 5.57 Å². The van der Waals surface area contributed by atoms with Gasteiger partial charge in [-0.25, -0.2) is 0 Å². The molecule has 0 nitrogen and oxygen atoms in total. The van der Waals surface area contributed by atoms with Gasteiger partial charge in [0.2, 0.25) is 0 Å². The average molecular weight is 280 g/mol. The summed E-state index contributed by atoms with van der Waals surface area (Å²) in [4.78, 5) is 0. The number of rotatable bonds is 1. The van der Waals surface area contributed by atoms with Gasteiger partial charge in [-0.3, -0.25) is 0 Å². The SMILES string of the molecule is CC1=C(C)C([SiH](C)C)c2ccccc21.[CH3][Ti][CH3]. The summed E-state index contributed by atoms with van der Waals surface area (Å²) in [5.74, 6) is 0. The van der Waals surface area contributed by atoms with Crippen LogP contribution in [0.3, 0.4) is 0 Å². The van der Waals surface area contributed by atoms with E-state index in [9.17, 15) is 0 Å². The van der Waals surface area contributed by atoms with Crippen LogP contribution in [0.15, 0.2) is 29.8 Å². The first-order valence-corrected chi connectivity index (χ1v) is 12.5. The molecule has 0 aliphatic heterocycles. The van der Waals surface area contributed by atoms with Crippen molar-refractivity contribution in [3.05, 3.63) is 41.0 Å². The molecule has 0 bridgehead atoms. The molecule has 1 aliphatic rings. The fourth-order valence-electron chi connectivity index (χ4n) is 2.65. The van der Waals surface area contributed by atoms with E-state index in [1.54, 1.807) is 11.1 Å². The summed E-state index contributed by atoms with van der Waals surface area (Å²) in [5.41, 5.74) is 7.01. The van der Waals surface area contributed by atoms with E-state index in [4.69, 9.17) is 0 Å². The topological polar surface area (TPSA) is 0 Å². The van der Waals surface area contributed by atoms with Gasteiger partial charge in [0.25, 0.3) is 0 Å². The second-order valence-corrected chi connectivity index (χ2v) is 9.83. The number of hydrogen-bond acceptors (Lipinski definition) is 0. The van der Waals surface area contributed by atoms with Crippen LogP contribution >= 0.6 is 0 Å². The van der Waals surface area contributed by atoms with E-state index in [2.05, 4.69) is 61.7 Å². The van der Waals surface area contributed by atoms with Gasteiger partial charge in [0.15, 0.2) is 0 Å². The Kier molecular flexibility index (Phi) is 5.91. The minimum atomic E-state index is -0.614. The molecule has 0 heterocycles. The molecular weight excluding hydrogens is 256 g/mol. The van der Waals surface area contributed by atoms with Gasteiger partial charge in [-0.2, -0.15) is 0 Å². The summed E-state index contributed by atoms with van der Waals surface area (Å²) >= 11 is 0.500. The Morgan fingerprint density at radius 1 is 1.06 bits per heavy atom. The van der Waals surface area contributed by atoms with Gasteiger partial charge in [-0.15, -0.1) is 0 Å². The minimum absolute atomic E-state index is 0.500. The van der Waals surface area contributed by atoms with Gasteiger partial charge in [0.1, 0.15) is 0 Å². The number of hydrogen-bond donors (Lipinski definition) is 0. The van der Waals surface area contributed by atoms with Crippen LogP contribution in [0.4, 0.5) is 0 Å². The van der Waals surface area contributed by atoms with E-state index in [0.29, 0.717) is 19.2 Å². The van der Waals surface area contributed by atoms with Crippen LogP contribution in [0.5, 0.6) is 0 Å². The normalized spacial score (nSPS) is 17.7. The van der Waals surface area contributed by atoms with Gasteiger partial charge < -0.3 is 0 Å². The maximum absolute atomic E-state index is 2.45. The van der Waals surface area contributed by atoms with Crippen molar-refractivity contribution in [3.63, 3.8) is 0 Å². The van der Waals surface area contributed by atoms with Crippen molar-refractivity contribution >= 4 is 14.4 Å². The molecule has 0 saturated heterocycles. The van der Waals surface area contributed by atoms with Crippen molar-refractivity contribution in [2.24, 2.45) is 0 Å². The Morgan fingerprint density at radius 2 is 1.59 bits per heavy atom. The second kappa shape index (κ2) is 6.72. The van der Waals surface area contributed by atoms with Crippen LogP contribution in [0.1, 0.15) is 30.5 Å². The van der Waals surface area contributed by atoms with Crippen LogP contribution in [0, 0.1) is 0 Å². The predicted molar refractivity (Wildman–Crippen MR) is 78.1 cm³/mol. The van der Waals surface area contributed by atoms with Crippen LogP contribution < -0.4 is 0 Å². The standard InChI is InChI=1S/C13H18Si.2CH3.Ti/c1-9-10(2)13(14(3)4)12-8-6-5-7-11(9)12;;;/h5-8,13-14H,1-4H3;2*1H3;. The Morgan fingerprint density at radius 3 is 2.12 bits per heavy atom. The molecule has 0 fully saturated rings. The summed E-state index contributed by atoms with van der Waals surface area (Å²) in [6.45, 7) is 9.48. The van der Waals surface area contributed by atoms with Gasteiger partial charge in [-0.1, -0.05) is 42.9 Å². The zero-order valence-electron chi connectivity index (χ0n) is 12.0. The molecule has 1 unspecified atom stereocenters. The van der Waals surface area contributed by atoms with Crippen LogP contribution in [0.2, 0.25) is 23.6 Å². The van der Waals surface area contributed by atoms with Crippen molar-refractivity contribution < 1.29 is 19.2 Å². The molecule has 0 saturated carbocycles. The van der Waals surface area contributed by atoms with E-state index in [0.717, 1.165) is 5.54 Å². The molecule has 1 aliphatic carbocycles. The third-order valence-electron chi connectivity index (χ3n) is 3.42. The van der Waals surface area contributed by atoms with Gasteiger partial charge in [0, 0.05) is 8.80 Å². The maximum atomic E-state index is 2.45. The molecule has 92 valence electrons. The number of fused-ring (bicyclic) bond motifs is 1. The van der Waals surface area contributed by atoms with Crippen molar-refractivity contribution in [2.75, 3.05) is 0 Å². The molecule has 0 amide bonds. The van der Waals surface area contributed by atoms with Gasteiger partial charge in [0.05, 0.1) is 0 Å². The van der Waals surface area contributed by atoms with E-state index < -0.39 is 8.80 Å². The summed E-state index contributed by atoms with van der Waals surface area (Å²) in [5, 5.41) is 4.50. The number of allylic oxidation sites excluding steroid dienone is 2. The molecule has 2 rings (SSSR count). The molecule has 1 aromatic rings. The van der Waals surface area contributed by atoms with Gasteiger partial charge >= 0.3 is 29.6 Å². The molecule has 0 aromatic heterocycles. The summed E-state index contributed by atoms with van der Waals surface area (Å²) < 4.78 is 0. The Bertz CT molecular complexity index is 407. The zero-order chi connectivity index (χ0) is 13.0. The van der Waals surface area contributed by atoms with Gasteiger partial charge in [-0.05, 0) is 36.1 Å². The molecule has 17 heavy (non-hydrogen) atoms. The van der Waals surface area contributed by atoms with Crippen molar-refractivity contribution in [3.8, 4) is 0 Å². The Hall–Kier alpha value is -0.109. The first-order valence-electron chi connectivity index (χ1n) is 6.39. The summed E-state index contributed by atoms with van der Waals surface area (Å²) in [6.07, 6.45) is 0. The fraction of sp³-hybridized carbons (Fsp3) is 0.467. The molecule has 0 spiro atoms. The predicted octanol–water partition coefficient (Wildman–Crippen LogP) is 4.77. The first kappa shape index (κ1) is 15.0. The molecule has 0 N–H and O–H groups in total. The van der Waals surface area contributed by atoms with Crippen molar-refractivity contribution in [2.45, 2.75) is 42.9 Å². The first-order chi connectivity index (χ1) is 8.04. The molecule has 0 radical (unpaired) electrons. The molecule has 2 heteroatoms. The molecule has 1 atom stereocenters. The second-order valence-electron chi connectivity index (χ2n) is 5.12. The third-order valence-corrected chi connectivity index (χ3v) is 5.62. The van der Waals surface area contributed by atoms with Crippen LogP contribution in [-0.4, -0.2) is 8.80 Å². The van der Waals surface area contributed by atoms with Crippen molar-refractivity contribution in [1.29, 1.82) is 0 Å². The van der Waals surface area contributed by atoms with Crippen LogP contribution in [-0.2, 0) is 19.2 Å². The molecule has 1 aromatic carbocycles. The van der Waals surface area contributed by atoms with E-state index in [-0.39, 0.29) is 0 Å². The average Bonchev–Trinajstić information content (AvgIpc) is 2.53. The van der Waals surface area contributed by atoms with Crippen molar-refractivity contribution in [1.82, 2.24) is 0 Å². The van der Waals surface area contributed by atoms with E-state index >= 15 is 0 Å². The number of benzene rings is 1. The third kappa shape index (κ3) is 3.21. The zero-order valence-corrected chi connectivity index (χ0v) is 14.7. The Labute approximate surface area is 117 Å². The summed E-state index contributed by atoms with van der Waals surface area (Å²) in [7, 11) is -0.614. The van der Waals surface area contributed by atoms with E-state index in [1.165, 1.54) is 11.1 Å².